The van der Waals surface area contributed by atoms with Crippen molar-refractivity contribution >= 4 is 16.5 Å². The second-order valence-electron chi connectivity index (χ2n) is 3.46. The van der Waals surface area contributed by atoms with E-state index in [0.29, 0.717) is 16.9 Å². The predicted molar refractivity (Wildman–Crippen MR) is 63.7 cm³/mol. The molecule has 5 heteroatoms. The summed E-state index contributed by atoms with van der Waals surface area (Å²) in [4.78, 5) is 10.5. The Bertz CT molecular complexity index is 580. The SMILES string of the molecule is COc1cc2cccc([N+](=O)[O-])c2cc1OC. The minimum Gasteiger partial charge on any atom is -0.493 e. The molecule has 0 amide bonds. The average molecular weight is 233 g/mol. The average Bonchev–Trinajstić information content (AvgIpc) is 2.35. The van der Waals surface area contributed by atoms with Crippen molar-refractivity contribution in [1.82, 2.24) is 0 Å². The van der Waals surface area contributed by atoms with Gasteiger partial charge in [0.2, 0.25) is 0 Å². The Kier molecular flexibility index (Phi) is 2.82. The number of rotatable bonds is 3. The lowest BCUT2D eigenvalue weighted by Gasteiger charge is -2.09. The van der Waals surface area contributed by atoms with Crippen LogP contribution >= 0.6 is 0 Å². The minimum atomic E-state index is -0.408. The number of nitrogens with zero attached hydrogens (tertiary/aromatic N) is 1. The monoisotopic (exact) mass is 233 g/mol. The van der Waals surface area contributed by atoms with E-state index in [1.807, 2.05) is 0 Å². The van der Waals surface area contributed by atoms with Gasteiger partial charge in [-0.05, 0) is 17.5 Å². The van der Waals surface area contributed by atoms with Gasteiger partial charge in [-0.25, -0.2) is 0 Å². The zero-order valence-electron chi connectivity index (χ0n) is 9.47. The number of ether oxygens (including phenoxy) is 2. The first kappa shape index (κ1) is 11.2. The minimum absolute atomic E-state index is 0.0588. The number of benzene rings is 2. The van der Waals surface area contributed by atoms with Crippen LogP contribution in [-0.4, -0.2) is 19.1 Å². The first-order valence-electron chi connectivity index (χ1n) is 4.96. The highest BCUT2D eigenvalue weighted by atomic mass is 16.6. The Morgan fingerprint density at radius 1 is 1.12 bits per heavy atom. The van der Waals surface area contributed by atoms with Gasteiger partial charge in [0.25, 0.3) is 5.69 Å². The molecule has 0 saturated carbocycles. The molecule has 17 heavy (non-hydrogen) atoms. The fraction of sp³-hybridized carbons (Fsp3) is 0.167. The summed E-state index contributed by atoms with van der Waals surface area (Å²) in [5, 5.41) is 12.2. The largest absolute Gasteiger partial charge is 0.493 e. The maximum absolute atomic E-state index is 10.9. The lowest BCUT2D eigenvalue weighted by atomic mass is 10.1. The molecule has 2 aromatic rings. The first-order valence-corrected chi connectivity index (χ1v) is 4.96. The van der Waals surface area contributed by atoms with Crippen LogP contribution in [0.2, 0.25) is 0 Å². The van der Waals surface area contributed by atoms with Crippen LogP contribution in [0.4, 0.5) is 5.69 Å². The lowest BCUT2D eigenvalue weighted by Crippen LogP contribution is -1.93. The Labute approximate surface area is 97.7 Å². The highest BCUT2D eigenvalue weighted by Gasteiger charge is 2.14. The van der Waals surface area contributed by atoms with Gasteiger partial charge in [0.1, 0.15) is 0 Å². The van der Waals surface area contributed by atoms with Crippen molar-refractivity contribution in [2.24, 2.45) is 0 Å². The Morgan fingerprint density at radius 3 is 2.35 bits per heavy atom. The summed E-state index contributed by atoms with van der Waals surface area (Å²) in [5.74, 6) is 1.04. The number of hydrogen-bond donors (Lipinski definition) is 0. The molecular weight excluding hydrogens is 222 g/mol. The summed E-state index contributed by atoms with van der Waals surface area (Å²) < 4.78 is 10.3. The molecule has 0 aromatic heterocycles. The summed E-state index contributed by atoms with van der Waals surface area (Å²) in [6.45, 7) is 0. The van der Waals surface area contributed by atoms with Gasteiger partial charge in [-0.2, -0.15) is 0 Å². The second kappa shape index (κ2) is 4.29. The topological polar surface area (TPSA) is 61.6 Å². The number of non-ortho nitro benzene ring substituents is 1. The maximum Gasteiger partial charge on any atom is 0.277 e. The Morgan fingerprint density at radius 2 is 1.76 bits per heavy atom. The molecule has 2 rings (SSSR count). The molecule has 0 spiro atoms. The summed E-state index contributed by atoms with van der Waals surface area (Å²) in [5.41, 5.74) is 0.0588. The van der Waals surface area contributed by atoms with Gasteiger partial charge in [-0.15, -0.1) is 0 Å². The van der Waals surface area contributed by atoms with Crippen LogP contribution in [0.15, 0.2) is 30.3 Å². The van der Waals surface area contributed by atoms with Crippen molar-refractivity contribution in [3.8, 4) is 11.5 Å². The van der Waals surface area contributed by atoms with Crippen molar-refractivity contribution < 1.29 is 14.4 Å². The lowest BCUT2D eigenvalue weighted by molar-refractivity contribution is -0.383. The molecule has 0 aliphatic heterocycles. The van der Waals surface area contributed by atoms with Gasteiger partial charge in [-0.1, -0.05) is 12.1 Å². The normalized spacial score (nSPS) is 10.2. The Balaban J connectivity index is 2.78. The fourth-order valence-corrected chi connectivity index (χ4v) is 1.75. The maximum atomic E-state index is 10.9. The Hall–Kier alpha value is -2.30. The molecule has 0 atom stereocenters. The second-order valence-corrected chi connectivity index (χ2v) is 3.46. The number of fused-ring (bicyclic) bond motifs is 1. The van der Waals surface area contributed by atoms with Crippen molar-refractivity contribution in [1.29, 1.82) is 0 Å². The van der Waals surface area contributed by atoms with Crippen LogP contribution in [0.25, 0.3) is 10.8 Å². The highest BCUT2D eigenvalue weighted by Crippen LogP contribution is 2.35. The zero-order valence-corrected chi connectivity index (χ0v) is 9.47. The molecular formula is C12H11NO4. The van der Waals surface area contributed by atoms with E-state index in [-0.39, 0.29) is 5.69 Å². The van der Waals surface area contributed by atoms with Gasteiger partial charge < -0.3 is 9.47 Å². The number of methoxy groups -OCH3 is 2. The van der Waals surface area contributed by atoms with E-state index < -0.39 is 4.92 Å². The van der Waals surface area contributed by atoms with E-state index in [1.165, 1.54) is 20.3 Å². The van der Waals surface area contributed by atoms with E-state index in [4.69, 9.17) is 9.47 Å². The van der Waals surface area contributed by atoms with E-state index in [2.05, 4.69) is 0 Å². The van der Waals surface area contributed by atoms with Crippen molar-refractivity contribution in [2.75, 3.05) is 14.2 Å². The van der Waals surface area contributed by atoms with Crippen LogP contribution in [0.1, 0.15) is 0 Å². The smallest absolute Gasteiger partial charge is 0.277 e. The van der Waals surface area contributed by atoms with E-state index in [0.717, 1.165) is 5.39 Å². The molecule has 0 aliphatic carbocycles. The van der Waals surface area contributed by atoms with Gasteiger partial charge in [0, 0.05) is 6.07 Å². The third-order valence-corrected chi connectivity index (χ3v) is 2.56. The molecule has 0 unspecified atom stereocenters. The standard InChI is InChI=1S/C12H11NO4/c1-16-11-6-8-4-3-5-10(13(14)15)9(8)7-12(11)17-2/h3-7H,1-2H3. The van der Waals surface area contributed by atoms with E-state index in [9.17, 15) is 10.1 Å². The van der Waals surface area contributed by atoms with Crippen LogP contribution in [0, 0.1) is 10.1 Å². The molecule has 2 aromatic carbocycles. The van der Waals surface area contributed by atoms with Crippen molar-refractivity contribution in [2.45, 2.75) is 0 Å². The molecule has 0 bridgehead atoms. The third kappa shape index (κ3) is 1.87. The zero-order chi connectivity index (χ0) is 12.4. The number of nitro groups is 1. The van der Waals surface area contributed by atoms with Crippen LogP contribution < -0.4 is 9.47 Å². The molecule has 0 heterocycles. The summed E-state index contributed by atoms with van der Waals surface area (Å²) in [6, 6.07) is 8.25. The summed E-state index contributed by atoms with van der Waals surface area (Å²) >= 11 is 0. The van der Waals surface area contributed by atoms with E-state index >= 15 is 0 Å². The van der Waals surface area contributed by atoms with Crippen molar-refractivity contribution in [3.05, 3.63) is 40.4 Å². The van der Waals surface area contributed by atoms with Crippen LogP contribution in [-0.2, 0) is 0 Å². The van der Waals surface area contributed by atoms with Crippen molar-refractivity contribution in [3.63, 3.8) is 0 Å². The molecule has 0 fully saturated rings. The molecule has 0 N–H and O–H groups in total. The summed E-state index contributed by atoms with van der Waals surface area (Å²) in [6.07, 6.45) is 0. The number of nitro benzene ring substituents is 1. The molecule has 88 valence electrons. The quantitative estimate of drug-likeness (QED) is 0.604. The van der Waals surface area contributed by atoms with E-state index in [1.54, 1.807) is 24.3 Å². The molecule has 0 radical (unpaired) electrons. The fourth-order valence-electron chi connectivity index (χ4n) is 1.75. The van der Waals surface area contributed by atoms with Gasteiger partial charge in [0.15, 0.2) is 11.5 Å². The predicted octanol–water partition coefficient (Wildman–Crippen LogP) is 2.77. The van der Waals surface area contributed by atoms with Gasteiger partial charge >= 0.3 is 0 Å². The highest BCUT2D eigenvalue weighted by molar-refractivity contribution is 5.93. The van der Waals surface area contributed by atoms with Gasteiger partial charge in [-0.3, -0.25) is 10.1 Å². The third-order valence-electron chi connectivity index (χ3n) is 2.56. The van der Waals surface area contributed by atoms with Gasteiger partial charge in [0.05, 0.1) is 24.5 Å². The molecule has 5 nitrogen and oxygen atoms in total. The first-order chi connectivity index (χ1) is 8.17. The summed E-state index contributed by atoms with van der Waals surface area (Å²) in [7, 11) is 3.03. The molecule has 0 aliphatic rings. The molecule has 0 saturated heterocycles. The number of hydrogen-bond acceptors (Lipinski definition) is 4. The van der Waals surface area contributed by atoms with Crippen LogP contribution in [0.5, 0.6) is 11.5 Å². The van der Waals surface area contributed by atoms with Crippen LogP contribution in [0.3, 0.4) is 0 Å².